The Morgan fingerprint density at radius 3 is 2.50 bits per heavy atom. The summed E-state index contributed by atoms with van der Waals surface area (Å²) in [4.78, 5) is 8.37. The smallest absolute Gasteiger partial charge is 0.224 e. The predicted molar refractivity (Wildman–Crippen MR) is 76.1 cm³/mol. The summed E-state index contributed by atoms with van der Waals surface area (Å²) in [5, 5.41) is 0.858. The summed E-state index contributed by atoms with van der Waals surface area (Å²) in [6.07, 6.45) is 1.49. The summed E-state index contributed by atoms with van der Waals surface area (Å²) >= 11 is 0. The molecule has 1 heterocycles. The third-order valence-electron chi connectivity index (χ3n) is 3.06. The summed E-state index contributed by atoms with van der Waals surface area (Å²) in [6.45, 7) is 2.46. The zero-order valence-electron chi connectivity index (χ0n) is 11.0. The van der Waals surface area contributed by atoms with Gasteiger partial charge in [-0.15, -0.1) is 0 Å². The van der Waals surface area contributed by atoms with Crippen molar-refractivity contribution in [2.24, 2.45) is 0 Å². The first-order valence-corrected chi connectivity index (χ1v) is 6.41. The Bertz CT molecular complexity index is 741. The summed E-state index contributed by atoms with van der Waals surface area (Å²) in [6, 6.07) is 12.2. The predicted octanol–water partition coefficient (Wildman–Crippen LogP) is 3.83. The van der Waals surface area contributed by atoms with Crippen molar-refractivity contribution < 1.29 is 9.13 Å². The minimum absolute atomic E-state index is 0.243. The van der Waals surface area contributed by atoms with E-state index in [1.54, 1.807) is 12.1 Å². The molecule has 0 saturated carbocycles. The third-order valence-corrected chi connectivity index (χ3v) is 3.06. The largest absolute Gasteiger partial charge is 0.477 e. The van der Waals surface area contributed by atoms with Gasteiger partial charge in [0, 0.05) is 0 Å². The minimum atomic E-state index is -0.243. The first-order valence-electron chi connectivity index (χ1n) is 6.41. The molecule has 100 valence electrons. The van der Waals surface area contributed by atoms with Gasteiger partial charge in [0.15, 0.2) is 0 Å². The van der Waals surface area contributed by atoms with Crippen LogP contribution in [0.1, 0.15) is 6.92 Å². The molecule has 0 aliphatic carbocycles. The van der Waals surface area contributed by atoms with E-state index in [0.29, 0.717) is 12.5 Å². The maximum atomic E-state index is 13.0. The van der Waals surface area contributed by atoms with Gasteiger partial charge in [-0.05, 0) is 42.3 Å². The summed E-state index contributed by atoms with van der Waals surface area (Å²) < 4.78 is 18.5. The zero-order chi connectivity index (χ0) is 13.9. The Morgan fingerprint density at radius 2 is 1.75 bits per heavy atom. The lowest BCUT2D eigenvalue weighted by Gasteiger charge is -2.07. The SMILES string of the molecule is CCOc1ncnc2ccc(-c3ccc(F)cc3)cc12. The maximum absolute atomic E-state index is 13.0. The van der Waals surface area contributed by atoms with Crippen LogP contribution in [0.15, 0.2) is 48.8 Å². The number of rotatable bonds is 3. The second-order valence-corrected chi connectivity index (χ2v) is 4.35. The van der Waals surface area contributed by atoms with Crippen LogP contribution in [0, 0.1) is 5.82 Å². The van der Waals surface area contributed by atoms with Crippen LogP contribution in [0.2, 0.25) is 0 Å². The van der Waals surface area contributed by atoms with E-state index in [1.165, 1.54) is 18.5 Å². The van der Waals surface area contributed by atoms with Gasteiger partial charge in [0.1, 0.15) is 12.1 Å². The molecular weight excluding hydrogens is 255 g/mol. The molecule has 3 aromatic rings. The Labute approximate surface area is 116 Å². The molecule has 3 nitrogen and oxygen atoms in total. The molecule has 1 aromatic heterocycles. The molecule has 0 unspecified atom stereocenters. The van der Waals surface area contributed by atoms with Crippen molar-refractivity contribution in [1.29, 1.82) is 0 Å². The van der Waals surface area contributed by atoms with Gasteiger partial charge in [-0.2, -0.15) is 0 Å². The Hall–Kier alpha value is -2.49. The van der Waals surface area contributed by atoms with Crippen molar-refractivity contribution in [3.63, 3.8) is 0 Å². The van der Waals surface area contributed by atoms with E-state index in [-0.39, 0.29) is 5.82 Å². The Kier molecular flexibility index (Phi) is 3.29. The van der Waals surface area contributed by atoms with Crippen LogP contribution in [0.3, 0.4) is 0 Å². The second-order valence-electron chi connectivity index (χ2n) is 4.35. The van der Waals surface area contributed by atoms with Crippen molar-refractivity contribution in [2.75, 3.05) is 6.61 Å². The number of ether oxygens (including phenoxy) is 1. The first-order chi connectivity index (χ1) is 9.78. The number of nitrogens with zero attached hydrogens (tertiary/aromatic N) is 2. The second kappa shape index (κ2) is 5.25. The molecule has 0 amide bonds. The lowest BCUT2D eigenvalue weighted by molar-refractivity contribution is 0.331. The minimum Gasteiger partial charge on any atom is -0.477 e. The van der Waals surface area contributed by atoms with Crippen molar-refractivity contribution in [1.82, 2.24) is 9.97 Å². The van der Waals surface area contributed by atoms with Gasteiger partial charge in [-0.25, -0.2) is 14.4 Å². The molecule has 20 heavy (non-hydrogen) atoms. The fourth-order valence-corrected chi connectivity index (χ4v) is 2.11. The van der Waals surface area contributed by atoms with E-state index < -0.39 is 0 Å². The van der Waals surface area contributed by atoms with Crippen LogP contribution in [-0.4, -0.2) is 16.6 Å². The van der Waals surface area contributed by atoms with Crippen LogP contribution < -0.4 is 4.74 Å². The van der Waals surface area contributed by atoms with Crippen LogP contribution in [0.4, 0.5) is 4.39 Å². The Morgan fingerprint density at radius 1 is 1.00 bits per heavy atom. The molecule has 4 heteroatoms. The van der Waals surface area contributed by atoms with E-state index >= 15 is 0 Å². The zero-order valence-corrected chi connectivity index (χ0v) is 11.0. The molecule has 0 atom stereocenters. The van der Waals surface area contributed by atoms with Crippen LogP contribution in [0.5, 0.6) is 5.88 Å². The van der Waals surface area contributed by atoms with Gasteiger partial charge in [-0.1, -0.05) is 18.2 Å². The molecule has 0 N–H and O–H groups in total. The standard InChI is InChI=1S/C16H13FN2O/c1-2-20-16-14-9-12(5-8-15(14)18-10-19-16)11-3-6-13(17)7-4-11/h3-10H,2H2,1H3. The molecule has 0 bridgehead atoms. The monoisotopic (exact) mass is 268 g/mol. The van der Waals surface area contributed by atoms with E-state index in [2.05, 4.69) is 9.97 Å². The first kappa shape index (κ1) is 12.5. The molecule has 2 aromatic carbocycles. The van der Waals surface area contributed by atoms with Gasteiger partial charge < -0.3 is 4.74 Å². The molecule has 0 saturated heterocycles. The molecule has 0 fully saturated rings. The van der Waals surface area contributed by atoms with Crippen molar-refractivity contribution in [3.8, 4) is 17.0 Å². The van der Waals surface area contributed by atoms with E-state index in [1.807, 2.05) is 25.1 Å². The fourth-order valence-electron chi connectivity index (χ4n) is 2.11. The van der Waals surface area contributed by atoms with Crippen molar-refractivity contribution in [2.45, 2.75) is 6.92 Å². The summed E-state index contributed by atoms with van der Waals surface area (Å²) in [7, 11) is 0. The molecular formula is C16H13FN2O. The number of aromatic nitrogens is 2. The number of fused-ring (bicyclic) bond motifs is 1. The molecule has 0 aliphatic heterocycles. The van der Waals surface area contributed by atoms with Gasteiger partial charge in [0.2, 0.25) is 5.88 Å². The van der Waals surface area contributed by atoms with Crippen LogP contribution in [-0.2, 0) is 0 Å². The highest BCUT2D eigenvalue weighted by Gasteiger charge is 2.06. The topological polar surface area (TPSA) is 35.0 Å². The highest BCUT2D eigenvalue weighted by molar-refractivity contribution is 5.88. The summed E-state index contributed by atoms with van der Waals surface area (Å²) in [5.41, 5.74) is 2.75. The highest BCUT2D eigenvalue weighted by atomic mass is 19.1. The molecule has 0 radical (unpaired) electrons. The van der Waals surface area contributed by atoms with Crippen LogP contribution >= 0.6 is 0 Å². The number of hydrogen-bond acceptors (Lipinski definition) is 3. The van der Waals surface area contributed by atoms with Gasteiger partial charge >= 0.3 is 0 Å². The highest BCUT2D eigenvalue weighted by Crippen LogP contribution is 2.28. The van der Waals surface area contributed by atoms with E-state index in [9.17, 15) is 4.39 Å². The lowest BCUT2D eigenvalue weighted by atomic mass is 10.0. The number of benzene rings is 2. The van der Waals surface area contributed by atoms with Gasteiger partial charge in [0.05, 0.1) is 17.5 Å². The number of halogens is 1. The summed E-state index contributed by atoms with van der Waals surface area (Å²) in [5.74, 6) is 0.328. The molecule has 0 aliphatic rings. The van der Waals surface area contributed by atoms with Crippen molar-refractivity contribution >= 4 is 10.9 Å². The van der Waals surface area contributed by atoms with Gasteiger partial charge in [-0.3, -0.25) is 0 Å². The quantitative estimate of drug-likeness (QED) is 0.724. The average molecular weight is 268 g/mol. The molecule has 3 rings (SSSR count). The molecule has 0 spiro atoms. The van der Waals surface area contributed by atoms with E-state index in [0.717, 1.165) is 22.0 Å². The van der Waals surface area contributed by atoms with Crippen molar-refractivity contribution in [3.05, 3.63) is 54.6 Å². The average Bonchev–Trinajstić information content (AvgIpc) is 2.48. The van der Waals surface area contributed by atoms with Crippen LogP contribution in [0.25, 0.3) is 22.0 Å². The Balaban J connectivity index is 2.13. The normalized spacial score (nSPS) is 10.7. The maximum Gasteiger partial charge on any atom is 0.224 e. The fraction of sp³-hybridized carbons (Fsp3) is 0.125. The van der Waals surface area contributed by atoms with E-state index in [4.69, 9.17) is 4.74 Å². The number of hydrogen-bond donors (Lipinski definition) is 0. The third kappa shape index (κ3) is 2.32. The van der Waals surface area contributed by atoms with Gasteiger partial charge in [0.25, 0.3) is 0 Å². The lowest BCUT2D eigenvalue weighted by Crippen LogP contribution is -1.96.